The first kappa shape index (κ1) is 10.0. The van der Waals surface area contributed by atoms with Gasteiger partial charge in [0.2, 0.25) is 0 Å². The Kier molecular flexibility index (Phi) is 2.79. The van der Waals surface area contributed by atoms with E-state index in [2.05, 4.69) is 26.1 Å². The molecule has 0 aromatic carbocycles. The lowest BCUT2D eigenvalue weighted by Crippen LogP contribution is -2.54. The van der Waals surface area contributed by atoms with Crippen LogP contribution in [0.3, 0.4) is 0 Å². The van der Waals surface area contributed by atoms with Crippen LogP contribution >= 0.6 is 0 Å². The van der Waals surface area contributed by atoms with Gasteiger partial charge in [0.1, 0.15) is 0 Å². The molecule has 72 valence electrons. The van der Waals surface area contributed by atoms with E-state index in [4.69, 9.17) is 0 Å². The van der Waals surface area contributed by atoms with Crippen molar-refractivity contribution in [3.05, 3.63) is 0 Å². The average molecular weight is 171 g/mol. The van der Waals surface area contributed by atoms with Crippen LogP contribution in [-0.4, -0.2) is 22.8 Å². The molecule has 0 spiro atoms. The Labute approximate surface area is 75.4 Å². The van der Waals surface area contributed by atoms with Gasteiger partial charge >= 0.3 is 0 Å². The zero-order valence-electron chi connectivity index (χ0n) is 8.48. The van der Waals surface area contributed by atoms with Gasteiger partial charge < -0.3 is 10.4 Å². The van der Waals surface area contributed by atoms with Crippen LogP contribution in [0, 0.1) is 0 Å². The first-order valence-corrected chi connectivity index (χ1v) is 4.88. The first-order valence-electron chi connectivity index (χ1n) is 4.88. The second-order valence-corrected chi connectivity index (χ2v) is 5.02. The summed E-state index contributed by atoms with van der Waals surface area (Å²) in [6, 6.07) is 0. The highest BCUT2D eigenvalue weighted by Gasteiger charge is 2.35. The first-order chi connectivity index (χ1) is 5.47. The molecule has 1 fully saturated rings. The number of aliphatic hydroxyl groups is 1. The molecule has 1 saturated carbocycles. The van der Waals surface area contributed by atoms with Crippen LogP contribution in [0.15, 0.2) is 0 Å². The van der Waals surface area contributed by atoms with Crippen molar-refractivity contribution in [1.82, 2.24) is 5.32 Å². The van der Waals surface area contributed by atoms with E-state index in [0.29, 0.717) is 0 Å². The number of hydrogen-bond donors (Lipinski definition) is 2. The molecular weight excluding hydrogens is 150 g/mol. The third-order valence-corrected chi connectivity index (χ3v) is 2.50. The molecule has 1 rings (SSSR count). The van der Waals surface area contributed by atoms with E-state index in [1.54, 1.807) is 0 Å². The molecule has 0 aromatic rings. The maximum absolute atomic E-state index is 9.32. The summed E-state index contributed by atoms with van der Waals surface area (Å²) < 4.78 is 0. The molecular formula is C10H21NO. The van der Waals surface area contributed by atoms with Crippen LogP contribution in [-0.2, 0) is 0 Å². The van der Waals surface area contributed by atoms with E-state index in [1.807, 2.05) is 0 Å². The molecule has 0 aromatic heterocycles. The molecule has 2 nitrogen and oxygen atoms in total. The minimum absolute atomic E-state index is 0.0260. The van der Waals surface area contributed by atoms with Crippen LogP contribution in [0.25, 0.3) is 0 Å². The van der Waals surface area contributed by atoms with Crippen molar-refractivity contribution in [2.75, 3.05) is 6.61 Å². The summed E-state index contributed by atoms with van der Waals surface area (Å²) in [5, 5.41) is 12.8. The van der Waals surface area contributed by atoms with Gasteiger partial charge in [-0.1, -0.05) is 12.8 Å². The predicted octanol–water partition coefficient (Wildman–Crippen LogP) is 1.68. The standard InChI is InChI=1S/C10H21NO/c1-9(2,3)11-10(8-12)6-4-5-7-10/h11-12H,4-8H2,1-3H3. The highest BCUT2D eigenvalue weighted by Crippen LogP contribution is 2.30. The third-order valence-electron chi connectivity index (χ3n) is 2.50. The summed E-state index contributed by atoms with van der Waals surface area (Å²) in [5.74, 6) is 0. The number of hydrogen-bond acceptors (Lipinski definition) is 2. The van der Waals surface area contributed by atoms with Gasteiger partial charge in [0, 0.05) is 11.1 Å². The monoisotopic (exact) mass is 171 g/mol. The van der Waals surface area contributed by atoms with Crippen molar-refractivity contribution in [3.63, 3.8) is 0 Å². The minimum Gasteiger partial charge on any atom is -0.394 e. The van der Waals surface area contributed by atoms with E-state index in [1.165, 1.54) is 12.8 Å². The van der Waals surface area contributed by atoms with Crippen molar-refractivity contribution in [2.24, 2.45) is 0 Å². The number of aliphatic hydroxyl groups excluding tert-OH is 1. The van der Waals surface area contributed by atoms with Gasteiger partial charge in [0.25, 0.3) is 0 Å². The molecule has 0 heterocycles. The molecule has 2 heteroatoms. The molecule has 12 heavy (non-hydrogen) atoms. The molecule has 0 aliphatic heterocycles. The fourth-order valence-electron chi connectivity index (χ4n) is 2.17. The lowest BCUT2D eigenvalue weighted by atomic mass is 9.94. The lowest BCUT2D eigenvalue weighted by molar-refractivity contribution is 0.135. The average Bonchev–Trinajstić information content (AvgIpc) is 2.34. The third kappa shape index (κ3) is 2.46. The van der Waals surface area contributed by atoms with Crippen molar-refractivity contribution < 1.29 is 5.11 Å². The second kappa shape index (κ2) is 3.35. The SMILES string of the molecule is CC(C)(C)NC1(CO)CCCC1. The summed E-state index contributed by atoms with van der Waals surface area (Å²) in [5.41, 5.74) is 0.144. The smallest absolute Gasteiger partial charge is 0.0613 e. The summed E-state index contributed by atoms with van der Waals surface area (Å²) >= 11 is 0. The van der Waals surface area contributed by atoms with Gasteiger partial charge in [-0.2, -0.15) is 0 Å². The summed E-state index contributed by atoms with van der Waals surface area (Å²) in [7, 11) is 0. The van der Waals surface area contributed by atoms with Gasteiger partial charge in [-0.15, -0.1) is 0 Å². The minimum atomic E-state index is 0.0260. The van der Waals surface area contributed by atoms with Crippen LogP contribution in [0.5, 0.6) is 0 Å². The predicted molar refractivity (Wildman–Crippen MR) is 51.2 cm³/mol. The van der Waals surface area contributed by atoms with Crippen LogP contribution in [0.2, 0.25) is 0 Å². The van der Waals surface area contributed by atoms with Gasteiger partial charge in [-0.3, -0.25) is 0 Å². The highest BCUT2D eigenvalue weighted by atomic mass is 16.3. The second-order valence-electron chi connectivity index (χ2n) is 5.02. The lowest BCUT2D eigenvalue weighted by Gasteiger charge is -2.36. The van der Waals surface area contributed by atoms with Crippen molar-refractivity contribution in [3.8, 4) is 0 Å². The van der Waals surface area contributed by atoms with Crippen molar-refractivity contribution in [2.45, 2.75) is 57.5 Å². The van der Waals surface area contributed by atoms with Crippen LogP contribution in [0.4, 0.5) is 0 Å². The van der Waals surface area contributed by atoms with E-state index in [9.17, 15) is 5.11 Å². The number of rotatable bonds is 2. The Bertz CT molecular complexity index is 142. The molecule has 0 saturated heterocycles. The van der Waals surface area contributed by atoms with Crippen LogP contribution < -0.4 is 5.32 Å². The van der Waals surface area contributed by atoms with E-state index in [0.717, 1.165) is 12.8 Å². The van der Waals surface area contributed by atoms with Gasteiger partial charge in [0.05, 0.1) is 6.61 Å². The Morgan fingerprint density at radius 1 is 1.25 bits per heavy atom. The fourth-order valence-corrected chi connectivity index (χ4v) is 2.17. The van der Waals surface area contributed by atoms with E-state index < -0.39 is 0 Å². The Morgan fingerprint density at radius 3 is 2.08 bits per heavy atom. The normalized spacial score (nSPS) is 23.0. The Morgan fingerprint density at radius 2 is 1.75 bits per heavy atom. The molecule has 0 atom stereocenters. The zero-order chi connectivity index (χ0) is 9.24. The van der Waals surface area contributed by atoms with E-state index >= 15 is 0 Å². The van der Waals surface area contributed by atoms with E-state index in [-0.39, 0.29) is 17.7 Å². The van der Waals surface area contributed by atoms with Gasteiger partial charge in [0.15, 0.2) is 0 Å². The molecule has 0 radical (unpaired) electrons. The molecule has 2 N–H and O–H groups in total. The Hall–Kier alpha value is -0.0800. The van der Waals surface area contributed by atoms with Gasteiger partial charge in [-0.25, -0.2) is 0 Å². The maximum Gasteiger partial charge on any atom is 0.0613 e. The molecule has 0 unspecified atom stereocenters. The molecule has 1 aliphatic carbocycles. The largest absolute Gasteiger partial charge is 0.394 e. The summed E-state index contributed by atoms with van der Waals surface area (Å²) in [4.78, 5) is 0. The van der Waals surface area contributed by atoms with Gasteiger partial charge in [-0.05, 0) is 33.6 Å². The van der Waals surface area contributed by atoms with Crippen LogP contribution in [0.1, 0.15) is 46.5 Å². The molecule has 1 aliphatic rings. The van der Waals surface area contributed by atoms with Crippen molar-refractivity contribution in [1.29, 1.82) is 0 Å². The fraction of sp³-hybridized carbons (Fsp3) is 1.00. The summed E-state index contributed by atoms with van der Waals surface area (Å²) in [6.45, 7) is 6.75. The summed E-state index contributed by atoms with van der Waals surface area (Å²) in [6.07, 6.45) is 4.76. The highest BCUT2D eigenvalue weighted by molar-refractivity contribution is 4.96. The number of nitrogens with one attached hydrogen (secondary N) is 1. The Balaban J connectivity index is 2.55. The molecule has 0 amide bonds. The maximum atomic E-state index is 9.32. The van der Waals surface area contributed by atoms with Crippen molar-refractivity contribution >= 4 is 0 Å². The topological polar surface area (TPSA) is 32.3 Å². The quantitative estimate of drug-likeness (QED) is 0.662. The zero-order valence-corrected chi connectivity index (χ0v) is 8.48. The molecule has 0 bridgehead atoms.